The molecule has 0 spiro atoms. The summed E-state index contributed by atoms with van der Waals surface area (Å²) >= 11 is 2.28. The van der Waals surface area contributed by atoms with Crippen molar-refractivity contribution in [3.63, 3.8) is 0 Å². The number of nitrogens with zero attached hydrogens (tertiary/aromatic N) is 2. The largest absolute Gasteiger partial charge is 0.324 e. The third-order valence-corrected chi connectivity index (χ3v) is 2.75. The van der Waals surface area contributed by atoms with E-state index in [1.54, 1.807) is 0 Å². The molecule has 0 aromatic carbocycles. The molecule has 0 saturated heterocycles. The first-order valence-corrected chi connectivity index (χ1v) is 5.46. The van der Waals surface area contributed by atoms with E-state index in [0.717, 1.165) is 16.7 Å². The van der Waals surface area contributed by atoms with Gasteiger partial charge in [0.2, 0.25) is 0 Å². The smallest absolute Gasteiger partial charge is 0.170 e. The Bertz CT molecular complexity index is 304. The van der Waals surface area contributed by atoms with E-state index in [0.29, 0.717) is 11.6 Å². The molecule has 4 heteroatoms. The molecule has 1 heterocycles. The first kappa shape index (κ1) is 8.22. The van der Waals surface area contributed by atoms with Crippen LogP contribution in [-0.2, 0) is 4.55 Å². The highest BCUT2D eigenvalue weighted by molar-refractivity contribution is 14.1. The summed E-state index contributed by atoms with van der Waals surface area (Å²) in [6, 6.07) is 0. The molecule has 1 aliphatic carbocycles. The third kappa shape index (κ3) is 1.39. The van der Waals surface area contributed by atoms with Gasteiger partial charge in [0.15, 0.2) is 6.29 Å². The lowest BCUT2D eigenvalue weighted by molar-refractivity contribution is 0.111. The predicted molar refractivity (Wildman–Crippen MR) is 53.6 cm³/mol. The molecule has 1 saturated carbocycles. The van der Waals surface area contributed by atoms with Gasteiger partial charge in [-0.1, -0.05) is 22.6 Å². The number of aromatic nitrogens is 2. The molecule has 0 atom stereocenters. The molecule has 0 unspecified atom stereocenters. The lowest BCUT2D eigenvalue weighted by Gasteiger charge is -1.99. The Morgan fingerprint density at radius 3 is 3.00 bits per heavy atom. The number of halogens is 1. The van der Waals surface area contributed by atoms with Crippen molar-refractivity contribution in [3.05, 3.63) is 17.7 Å². The van der Waals surface area contributed by atoms with Crippen molar-refractivity contribution in [1.29, 1.82) is 0 Å². The van der Waals surface area contributed by atoms with E-state index in [-0.39, 0.29) is 0 Å². The zero-order chi connectivity index (χ0) is 8.55. The Balaban J connectivity index is 2.35. The van der Waals surface area contributed by atoms with Gasteiger partial charge in [-0.3, -0.25) is 4.79 Å². The van der Waals surface area contributed by atoms with Gasteiger partial charge in [-0.15, -0.1) is 0 Å². The molecule has 1 aromatic heterocycles. The molecule has 2 rings (SSSR count). The average Bonchev–Trinajstić information content (AvgIpc) is 2.85. The lowest BCUT2D eigenvalue weighted by atomic mass is 10.4. The maximum Gasteiger partial charge on any atom is 0.170 e. The van der Waals surface area contributed by atoms with Crippen molar-refractivity contribution in [3.8, 4) is 0 Å². The number of hydrogen-bond donors (Lipinski definition) is 0. The van der Waals surface area contributed by atoms with Crippen LogP contribution in [-0.4, -0.2) is 15.8 Å². The van der Waals surface area contributed by atoms with Crippen molar-refractivity contribution in [2.75, 3.05) is 0 Å². The number of hydrogen-bond acceptors (Lipinski definition) is 2. The summed E-state index contributed by atoms with van der Waals surface area (Å²) in [5, 5.41) is 0. The molecule has 12 heavy (non-hydrogen) atoms. The first-order chi connectivity index (χ1) is 5.85. The minimum Gasteiger partial charge on any atom is -0.324 e. The summed E-state index contributed by atoms with van der Waals surface area (Å²) in [5.41, 5.74) is 0.563. The maximum absolute atomic E-state index is 10.5. The molecule has 3 nitrogen and oxygen atoms in total. The fourth-order valence-electron chi connectivity index (χ4n) is 1.27. The fourth-order valence-corrected chi connectivity index (χ4v) is 1.82. The predicted octanol–water partition coefficient (Wildman–Crippen LogP) is 1.97. The Morgan fingerprint density at radius 2 is 2.50 bits per heavy atom. The number of imidazole rings is 1. The number of alkyl halides is 1. The zero-order valence-corrected chi connectivity index (χ0v) is 8.69. The van der Waals surface area contributed by atoms with Gasteiger partial charge in [-0.25, -0.2) is 4.98 Å². The number of carbonyl (C=O) groups is 1. The van der Waals surface area contributed by atoms with Crippen LogP contribution in [0.25, 0.3) is 0 Å². The second kappa shape index (κ2) is 3.16. The summed E-state index contributed by atoms with van der Waals surface area (Å²) < 4.78 is 2.94. The first-order valence-electron chi connectivity index (χ1n) is 3.93. The van der Waals surface area contributed by atoms with E-state index >= 15 is 0 Å². The van der Waals surface area contributed by atoms with E-state index in [9.17, 15) is 4.79 Å². The number of aldehydes is 1. The lowest BCUT2D eigenvalue weighted by Crippen LogP contribution is -1.96. The van der Waals surface area contributed by atoms with Crippen molar-refractivity contribution in [2.45, 2.75) is 23.3 Å². The third-order valence-electron chi connectivity index (χ3n) is 2.02. The van der Waals surface area contributed by atoms with Gasteiger partial charge in [0.1, 0.15) is 11.5 Å². The summed E-state index contributed by atoms with van der Waals surface area (Å²) in [4.78, 5) is 14.7. The van der Waals surface area contributed by atoms with Crippen LogP contribution < -0.4 is 0 Å². The average molecular weight is 276 g/mol. The van der Waals surface area contributed by atoms with Crippen molar-refractivity contribution >= 4 is 28.9 Å². The standard InChI is InChI=1S/C8H9IN2O/c9-5-11-3-7(4-12)10-8(11)6-1-2-6/h3-4,6H,1-2,5H2. The number of carbonyl (C=O) groups excluding carboxylic acids is 1. The van der Waals surface area contributed by atoms with Crippen LogP contribution in [0.2, 0.25) is 0 Å². The highest BCUT2D eigenvalue weighted by Crippen LogP contribution is 2.39. The second-order valence-corrected chi connectivity index (χ2v) is 3.69. The Hall–Kier alpha value is -0.390. The van der Waals surface area contributed by atoms with E-state index < -0.39 is 0 Å². The molecule has 1 aromatic rings. The minimum atomic E-state index is 0.563. The van der Waals surface area contributed by atoms with Crippen LogP contribution in [0, 0.1) is 0 Å². The summed E-state index contributed by atoms with van der Waals surface area (Å²) in [6.45, 7) is 0. The van der Waals surface area contributed by atoms with Crippen LogP contribution in [0.15, 0.2) is 6.20 Å². The normalized spacial score (nSPS) is 16.4. The van der Waals surface area contributed by atoms with Crippen LogP contribution in [0.3, 0.4) is 0 Å². The van der Waals surface area contributed by atoms with Crippen LogP contribution in [0.1, 0.15) is 35.1 Å². The van der Waals surface area contributed by atoms with Crippen molar-refractivity contribution in [2.24, 2.45) is 0 Å². The Morgan fingerprint density at radius 1 is 1.75 bits per heavy atom. The quantitative estimate of drug-likeness (QED) is 0.480. The van der Waals surface area contributed by atoms with E-state index in [4.69, 9.17) is 0 Å². The van der Waals surface area contributed by atoms with Gasteiger partial charge < -0.3 is 4.57 Å². The van der Waals surface area contributed by atoms with E-state index in [1.807, 2.05) is 6.20 Å². The zero-order valence-electron chi connectivity index (χ0n) is 6.53. The van der Waals surface area contributed by atoms with Crippen LogP contribution >= 0.6 is 22.6 Å². The van der Waals surface area contributed by atoms with Gasteiger partial charge in [0.25, 0.3) is 0 Å². The van der Waals surface area contributed by atoms with Crippen molar-refractivity contribution in [1.82, 2.24) is 9.55 Å². The summed E-state index contributed by atoms with van der Waals surface area (Å²) in [5.74, 6) is 1.71. The van der Waals surface area contributed by atoms with E-state index in [2.05, 4.69) is 32.1 Å². The molecular formula is C8H9IN2O. The highest BCUT2D eigenvalue weighted by Gasteiger charge is 2.28. The molecule has 1 fully saturated rings. The van der Waals surface area contributed by atoms with E-state index in [1.165, 1.54) is 12.8 Å². The molecule has 1 aliphatic rings. The minimum absolute atomic E-state index is 0.563. The highest BCUT2D eigenvalue weighted by atomic mass is 127. The SMILES string of the molecule is O=Cc1cn(CI)c(C2CC2)n1. The van der Waals surface area contributed by atoms with Gasteiger partial charge in [-0.05, 0) is 12.8 Å². The molecule has 0 N–H and O–H groups in total. The van der Waals surface area contributed by atoms with Gasteiger partial charge in [0, 0.05) is 12.1 Å². The summed E-state index contributed by atoms with van der Waals surface area (Å²) in [7, 11) is 0. The Labute approximate surface area is 84.3 Å². The van der Waals surface area contributed by atoms with Gasteiger partial charge >= 0.3 is 0 Å². The van der Waals surface area contributed by atoms with Crippen LogP contribution in [0.5, 0.6) is 0 Å². The van der Waals surface area contributed by atoms with Crippen molar-refractivity contribution < 1.29 is 4.79 Å². The molecule has 0 aliphatic heterocycles. The maximum atomic E-state index is 10.5. The van der Waals surface area contributed by atoms with Crippen LogP contribution in [0.4, 0.5) is 0 Å². The topological polar surface area (TPSA) is 34.9 Å². The fraction of sp³-hybridized carbons (Fsp3) is 0.500. The molecule has 64 valence electrons. The van der Waals surface area contributed by atoms with Gasteiger partial charge in [0.05, 0.1) is 4.55 Å². The molecule has 0 bridgehead atoms. The Kier molecular flexibility index (Phi) is 2.16. The van der Waals surface area contributed by atoms with Gasteiger partial charge in [-0.2, -0.15) is 0 Å². The summed E-state index contributed by atoms with van der Waals surface area (Å²) in [6.07, 6.45) is 5.10. The second-order valence-electron chi connectivity index (χ2n) is 3.01. The molecule has 0 amide bonds. The molecular weight excluding hydrogens is 267 g/mol. The number of rotatable bonds is 3. The monoisotopic (exact) mass is 276 g/mol. The molecule has 0 radical (unpaired) electrons.